The fraction of sp³-hybridized carbons (Fsp3) is 0.136. The topological polar surface area (TPSA) is 110 Å². The van der Waals surface area contributed by atoms with Crippen molar-refractivity contribution in [3.8, 4) is 11.5 Å². The van der Waals surface area contributed by atoms with Crippen LogP contribution in [0.4, 0.5) is 5.69 Å². The monoisotopic (exact) mass is 494 g/mol. The van der Waals surface area contributed by atoms with Crippen molar-refractivity contribution in [2.45, 2.75) is 11.3 Å². The number of amides is 1. The Kier molecular flexibility index (Phi) is 7.18. The van der Waals surface area contributed by atoms with Gasteiger partial charge in [-0.15, -0.1) is 0 Å². The van der Waals surface area contributed by atoms with E-state index in [2.05, 4.69) is 0 Å². The number of carbonyl (C=O) groups is 1. The van der Waals surface area contributed by atoms with Gasteiger partial charge in [-0.25, -0.2) is 8.42 Å². The molecule has 0 heterocycles. The number of nitrogens with zero attached hydrogens (tertiary/aromatic N) is 1. The zero-order valence-electron chi connectivity index (χ0n) is 17.0. The maximum absolute atomic E-state index is 13.5. The molecule has 3 aromatic carbocycles. The van der Waals surface area contributed by atoms with Gasteiger partial charge in [0, 0.05) is 22.5 Å². The number of halogens is 2. The van der Waals surface area contributed by atoms with Crippen LogP contribution in [0.2, 0.25) is 10.0 Å². The van der Waals surface area contributed by atoms with E-state index in [1.807, 2.05) is 12.1 Å². The van der Waals surface area contributed by atoms with Crippen LogP contribution < -0.4 is 14.8 Å². The molecule has 0 radical (unpaired) electrons. The Labute approximate surface area is 196 Å². The second-order valence-corrected chi connectivity index (χ2v) is 9.56. The number of hydrogen-bond acceptors (Lipinski definition) is 5. The van der Waals surface area contributed by atoms with Gasteiger partial charge in [0.1, 0.15) is 6.54 Å². The molecule has 7 nitrogen and oxygen atoms in total. The molecule has 0 saturated heterocycles. The first-order chi connectivity index (χ1) is 15.1. The lowest BCUT2D eigenvalue weighted by Gasteiger charge is -2.26. The minimum atomic E-state index is -4.31. The van der Waals surface area contributed by atoms with Gasteiger partial charge in [0.25, 0.3) is 10.0 Å². The molecule has 1 amide bonds. The molecule has 0 atom stereocenters. The fourth-order valence-corrected chi connectivity index (χ4v) is 5.01. The van der Waals surface area contributed by atoms with Crippen molar-refractivity contribution in [3.05, 3.63) is 81.8 Å². The molecule has 0 fully saturated rings. The van der Waals surface area contributed by atoms with Crippen molar-refractivity contribution in [2.24, 2.45) is 5.73 Å². The maximum atomic E-state index is 13.5. The van der Waals surface area contributed by atoms with E-state index in [9.17, 15) is 18.3 Å². The van der Waals surface area contributed by atoms with E-state index in [0.29, 0.717) is 10.6 Å². The van der Waals surface area contributed by atoms with Crippen LogP contribution in [0.3, 0.4) is 0 Å². The molecule has 0 spiro atoms. The zero-order valence-corrected chi connectivity index (χ0v) is 19.3. The summed E-state index contributed by atoms with van der Waals surface area (Å²) in [4.78, 5) is 11.6. The molecule has 0 aliphatic carbocycles. The number of phenolic OH excluding ortho intramolecular Hbond substituents is 1. The predicted octanol–water partition coefficient (Wildman–Crippen LogP) is 3.98. The summed E-state index contributed by atoms with van der Waals surface area (Å²) in [6.07, 6.45) is 0.283. The highest BCUT2D eigenvalue weighted by molar-refractivity contribution is 7.92. The van der Waals surface area contributed by atoms with Crippen molar-refractivity contribution in [1.82, 2.24) is 0 Å². The Morgan fingerprint density at radius 2 is 1.78 bits per heavy atom. The van der Waals surface area contributed by atoms with Crippen molar-refractivity contribution in [2.75, 3.05) is 18.0 Å². The van der Waals surface area contributed by atoms with Crippen LogP contribution in [0.25, 0.3) is 0 Å². The van der Waals surface area contributed by atoms with Gasteiger partial charge in [0.15, 0.2) is 11.5 Å². The van der Waals surface area contributed by atoms with Gasteiger partial charge in [-0.1, -0.05) is 47.5 Å². The van der Waals surface area contributed by atoms with Crippen LogP contribution in [0.1, 0.15) is 11.1 Å². The number of primary amides is 1. The van der Waals surface area contributed by atoms with Gasteiger partial charge in [-0.05, 0) is 41.5 Å². The quantitative estimate of drug-likeness (QED) is 0.491. The average Bonchev–Trinajstić information content (AvgIpc) is 2.74. The normalized spacial score (nSPS) is 11.2. The summed E-state index contributed by atoms with van der Waals surface area (Å²) >= 11 is 12.5. The van der Waals surface area contributed by atoms with Crippen molar-refractivity contribution in [3.63, 3.8) is 0 Å². The molecule has 32 heavy (non-hydrogen) atoms. The van der Waals surface area contributed by atoms with Crippen LogP contribution in [0.15, 0.2) is 65.6 Å². The van der Waals surface area contributed by atoms with Crippen LogP contribution in [0, 0.1) is 0 Å². The van der Waals surface area contributed by atoms with E-state index in [-0.39, 0.29) is 33.5 Å². The van der Waals surface area contributed by atoms with Gasteiger partial charge in [0.2, 0.25) is 5.91 Å². The fourth-order valence-electron chi connectivity index (χ4n) is 3.16. The molecule has 0 aliphatic heterocycles. The first-order valence-corrected chi connectivity index (χ1v) is 11.5. The van der Waals surface area contributed by atoms with Crippen molar-refractivity contribution < 1.29 is 23.1 Å². The number of ether oxygens (including phenoxy) is 1. The smallest absolute Gasteiger partial charge is 0.264 e. The van der Waals surface area contributed by atoms with Gasteiger partial charge < -0.3 is 15.6 Å². The zero-order chi connectivity index (χ0) is 23.5. The van der Waals surface area contributed by atoms with E-state index < -0.39 is 22.5 Å². The third kappa shape index (κ3) is 5.09. The molecule has 3 aromatic rings. The summed E-state index contributed by atoms with van der Waals surface area (Å²) in [5, 5.41) is 10.9. The van der Waals surface area contributed by atoms with Gasteiger partial charge in [0.05, 0.1) is 17.7 Å². The van der Waals surface area contributed by atoms with Crippen molar-refractivity contribution >= 4 is 44.8 Å². The van der Waals surface area contributed by atoms with E-state index in [0.717, 1.165) is 15.9 Å². The number of anilines is 1. The minimum absolute atomic E-state index is 0.104. The molecule has 0 aliphatic rings. The van der Waals surface area contributed by atoms with Crippen LogP contribution >= 0.6 is 23.2 Å². The summed E-state index contributed by atoms with van der Waals surface area (Å²) in [5.74, 6) is -1.13. The second-order valence-electron chi connectivity index (χ2n) is 6.85. The molecular formula is C22H20Cl2N2O5S. The Morgan fingerprint density at radius 1 is 1.06 bits per heavy atom. The van der Waals surface area contributed by atoms with Crippen molar-refractivity contribution in [1.29, 1.82) is 0 Å². The predicted molar refractivity (Wildman–Crippen MR) is 124 cm³/mol. The SMILES string of the molecule is COc1ccc(S(=O)(=O)N(CC(N)=O)c2cc(Cl)ccc2Cc2ccccc2Cl)cc1O. The molecule has 0 bridgehead atoms. The lowest BCUT2D eigenvalue weighted by Crippen LogP contribution is -2.39. The number of methoxy groups -OCH3 is 1. The van der Waals surface area contributed by atoms with Crippen LogP contribution in [-0.2, 0) is 21.2 Å². The number of carbonyl (C=O) groups excluding carboxylic acids is 1. The highest BCUT2D eigenvalue weighted by Crippen LogP contribution is 2.35. The number of benzene rings is 3. The third-order valence-corrected chi connectivity index (χ3v) is 7.05. The minimum Gasteiger partial charge on any atom is -0.504 e. The van der Waals surface area contributed by atoms with Gasteiger partial charge in [-0.2, -0.15) is 0 Å². The molecule has 3 rings (SSSR count). The van der Waals surface area contributed by atoms with E-state index in [4.69, 9.17) is 33.7 Å². The highest BCUT2D eigenvalue weighted by atomic mass is 35.5. The summed E-state index contributed by atoms with van der Waals surface area (Å²) in [7, 11) is -2.97. The Bertz CT molecular complexity index is 1260. The Hall–Kier alpha value is -2.94. The average molecular weight is 495 g/mol. The van der Waals surface area contributed by atoms with E-state index in [1.54, 1.807) is 24.3 Å². The number of rotatable bonds is 8. The standard InChI is InChI=1S/C22H20Cl2N2O5S/c1-31-21-9-8-17(12-20(21)27)32(29,30)26(13-22(25)28)19-11-16(23)7-6-15(19)10-14-4-2-3-5-18(14)24/h2-9,11-12,27H,10,13H2,1H3,(H2,25,28). The first kappa shape index (κ1) is 23.7. The number of aromatic hydroxyl groups is 1. The maximum Gasteiger partial charge on any atom is 0.264 e. The van der Waals surface area contributed by atoms with Gasteiger partial charge >= 0.3 is 0 Å². The lowest BCUT2D eigenvalue weighted by atomic mass is 10.0. The molecule has 3 N–H and O–H groups in total. The highest BCUT2D eigenvalue weighted by Gasteiger charge is 2.29. The lowest BCUT2D eigenvalue weighted by molar-refractivity contribution is -0.116. The molecule has 0 saturated carbocycles. The molecule has 0 aromatic heterocycles. The number of hydrogen-bond donors (Lipinski definition) is 2. The third-order valence-electron chi connectivity index (χ3n) is 4.69. The van der Waals surface area contributed by atoms with Crippen LogP contribution in [0.5, 0.6) is 11.5 Å². The number of nitrogens with two attached hydrogens (primary N) is 1. The van der Waals surface area contributed by atoms with Crippen LogP contribution in [-0.4, -0.2) is 33.1 Å². The molecular weight excluding hydrogens is 475 g/mol. The molecule has 168 valence electrons. The largest absolute Gasteiger partial charge is 0.504 e. The molecule has 10 heteroatoms. The number of phenols is 1. The summed E-state index contributed by atoms with van der Waals surface area (Å²) < 4.78 is 32.8. The molecule has 0 unspecified atom stereocenters. The Morgan fingerprint density at radius 3 is 2.41 bits per heavy atom. The number of sulfonamides is 1. The summed E-state index contributed by atoms with van der Waals surface area (Å²) in [6.45, 7) is -0.634. The summed E-state index contributed by atoms with van der Waals surface area (Å²) in [5.41, 5.74) is 6.87. The first-order valence-electron chi connectivity index (χ1n) is 9.33. The van der Waals surface area contributed by atoms with Gasteiger partial charge in [-0.3, -0.25) is 9.10 Å². The second kappa shape index (κ2) is 9.68. The van der Waals surface area contributed by atoms with E-state index >= 15 is 0 Å². The van der Waals surface area contributed by atoms with E-state index in [1.165, 1.54) is 25.3 Å². The Balaban J connectivity index is 2.15. The summed E-state index contributed by atoms with van der Waals surface area (Å²) in [6, 6.07) is 15.5.